The molecule has 0 saturated carbocycles. The first-order valence-corrected chi connectivity index (χ1v) is 6.80. The molecular weight excluding hydrogens is 281 g/mol. The molecule has 6 heteroatoms. The monoisotopic (exact) mass is 289 g/mol. The van der Waals surface area contributed by atoms with Gasteiger partial charge >= 0.3 is 0 Å². The van der Waals surface area contributed by atoms with Crippen molar-refractivity contribution in [2.45, 2.75) is 0 Å². The number of rotatable bonds is 0. The molecule has 3 heterocycles. The van der Waals surface area contributed by atoms with Gasteiger partial charge in [0.05, 0.1) is 22.6 Å². The molecule has 104 valence electrons. The van der Waals surface area contributed by atoms with Gasteiger partial charge in [-0.25, -0.2) is 4.39 Å². The topological polar surface area (TPSA) is 56.0 Å². The van der Waals surface area contributed by atoms with Crippen LogP contribution in [-0.2, 0) is 0 Å². The molecule has 5 rings (SSSR count). The normalized spacial score (nSPS) is 11.9. The molecule has 0 aliphatic heterocycles. The Bertz CT molecular complexity index is 1190. The number of pyridine rings is 2. The summed E-state index contributed by atoms with van der Waals surface area (Å²) in [5, 5.41) is 14.7. The molecule has 0 bridgehead atoms. The first-order valence-electron chi connectivity index (χ1n) is 6.80. The lowest BCUT2D eigenvalue weighted by Crippen LogP contribution is -1.96. The zero-order chi connectivity index (χ0) is 14.7. The van der Waals surface area contributed by atoms with Crippen LogP contribution in [0.1, 0.15) is 0 Å². The fourth-order valence-corrected chi connectivity index (χ4v) is 3.04. The van der Waals surface area contributed by atoms with Crippen LogP contribution in [0.4, 0.5) is 4.39 Å². The molecule has 0 spiro atoms. The van der Waals surface area contributed by atoms with Crippen molar-refractivity contribution in [3.05, 3.63) is 54.5 Å². The van der Waals surface area contributed by atoms with E-state index < -0.39 is 0 Å². The summed E-state index contributed by atoms with van der Waals surface area (Å²) in [6, 6.07) is 12.8. The van der Waals surface area contributed by atoms with Crippen LogP contribution in [0.15, 0.2) is 48.7 Å². The van der Waals surface area contributed by atoms with E-state index in [9.17, 15) is 4.39 Å². The van der Waals surface area contributed by atoms with Crippen molar-refractivity contribution in [3.63, 3.8) is 0 Å². The number of hydrogen-bond donors (Lipinski definition) is 0. The first kappa shape index (κ1) is 11.5. The van der Waals surface area contributed by atoms with Gasteiger partial charge in [0.1, 0.15) is 5.82 Å². The van der Waals surface area contributed by atoms with Crippen LogP contribution < -0.4 is 0 Å². The average molecular weight is 289 g/mol. The number of nitrogens with zero attached hydrogens (tertiary/aromatic N) is 5. The lowest BCUT2D eigenvalue weighted by Gasteiger charge is -2.09. The van der Waals surface area contributed by atoms with Crippen molar-refractivity contribution < 1.29 is 4.39 Å². The molecule has 0 saturated heterocycles. The highest BCUT2D eigenvalue weighted by molar-refractivity contribution is 6.20. The Hall–Kier alpha value is -3.15. The van der Waals surface area contributed by atoms with Crippen molar-refractivity contribution in [3.8, 4) is 0 Å². The van der Waals surface area contributed by atoms with Crippen molar-refractivity contribution in [2.75, 3.05) is 0 Å². The van der Waals surface area contributed by atoms with Gasteiger partial charge in [-0.15, -0.1) is 5.10 Å². The van der Waals surface area contributed by atoms with E-state index in [1.54, 1.807) is 16.8 Å². The second-order valence-electron chi connectivity index (χ2n) is 5.11. The summed E-state index contributed by atoms with van der Waals surface area (Å²) in [4.78, 5) is 4.46. The molecule has 5 nitrogen and oxygen atoms in total. The molecule has 22 heavy (non-hydrogen) atoms. The van der Waals surface area contributed by atoms with Gasteiger partial charge in [0.25, 0.3) is 0 Å². The van der Waals surface area contributed by atoms with Gasteiger partial charge < -0.3 is 0 Å². The Kier molecular flexibility index (Phi) is 2.06. The van der Waals surface area contributed by atoms with Crippen LogP contribution in [0, 0.1) is 5.82 Å². The highest BCUT2D eigenvalue weighted by Gasteiger charge is 2.16. The number of halogens is 1. The van der Waals surface area contributed by atoms with Gasteiger partial charge in [-0.1, -0.05) is 30.3 Å². The summed E-state index contributed by atoms with van der Waals surface area (Å²) >= 11 is 0. The number of fused-ring (bicyclic) bond motifs is 8. The van der Waals surface area contributed by atoms with Crippen LogP contribution in [0.2, 0.25) is 0 Å². The number of para-hydroxylation sites is 1. The second-order valence-corrected chi connectivity index (χ2v) is 5.11. The predicted octanol–water partition coefficient (Wildman–Crippen LogP) is 3.12. The number of hydrogen-bond acceptors (Lipinski definition) is 4. The fourth-order valence-electron chi connectivity index (χ4n) is 3.04. The molecule has 2 aromatic carbocycles. The maximum atomic E-state index is 14.4. The van der Waals surface area contributed by atoms with E-state index in [2.05, 4.69) is 20.5 Å². The van der Waals surface area contributed by atoms with E-state index in [-0.39, 0.29) is 5.82 Å². The van der Waals surface area contributed by atoms with Gasteiger partial charge in [0, 0.05) is 10.8 Å². The van der Waals surface area contributed by atoms with Crippen LogP contribution in [0.3, 0.4) is 0 Å². The van der Waals surface area contributed by atoms with Crippen LogP contribution in [0.25, 0.3) is 38.2 Å². The van der Waals surface area contributed by atoms with Crippen molar-refractivity contribution >= 4 is 38.2 Å². The Labute approximate surface area is 123 Å². The van der Waals surface area contributed by atoms with Crippen LogP contribution in [-0.4, -0.2) is 25.0 Å². The van der Waals surface area contributed by atoms with E-state index in [1.165, 1.54) is 6.07 Å². The van der Waals surface area contributed by atoms with Crippen molar-refractivity contribution in [1.82, 2.24) is 25.0 Å². The summed E-state index contributed by atoms with van der Waals surface area (Å²) in [5.41, 5.74) is 2.02. The molecular formula is C16H8FN5. The lowest BCUT2D eigenvalue weighted by atomic mass is 10.0. The maximum Gasteiger partial charge on any atom is 0.190 e. The van der Waals surface area contributed by atoms with Gasteiger partial charge in [0.15, 0.2) is 5.65 Å². The fraction of sp³-hybridized carbons (Fsp3) is 0. The molecule has 0 unspecified atom stereocenters. The number of benzene rings is 2. The minimum atomic E-state index is -0.333. The SMILES string of the molecule is Fc1cccc2c1c1nnnn1c1cnc3ccccc3c21. The average Bonchev–Trinajstić information content (AvgIpc) is 3.04. The molecule has 3 aromatic heterocycles. The molecule has 0 fully saturated rings. The zero-order valence-corrected chi connectivity index (χ0v) is 11.2. The second kappa shape index (κ2) is 3.94. The van der Waals surface area contributed by atoms with E-state index >= 15 is 0 Å². The molecule has 0 atom stereocenters. The molecule has 5 aromatic rings. The van der Waals surface area contributed by atoms with Gasteiger partial charge in [-0.2, -0.15) is 4.52 Å². The quantitative estimate of drug-likeness (QED) is 0.411. The number of aromatic nitrogens is 5. The molecule has 0 N–H and O–H groups in total. The highest BCUT2D eigenvalue weighted by atomic mass is 19.1. The van der Waals surface area contributed by atoms with Crippen LogP contribution >= 0.6 is 0 Å². The predicted molar refractivity (Wildman–Crippen MR) is 81.1 cm³/mol. The van der Waals surface area contributed by atoms with Gasteiger partial charge in [0.2, 0.25) is 0 Å². The van der Waals surface area contributed by atoms with E-state index in [1.807, 2.05) is 30.3 Å². The van der Waals surface area contributed by atoms with Gasteiger partial charge in [-0.3, -0.25) is 4.98 Å². The molecule has 0 radical (unpaired) electrons. The summed E-state index contributed by atoms with van der Waals surface area (Å²) in [7, 11) is 0. The number of tetrazole rings is 1. The first-order chi connectivity index (χ1) is 10.8. The summed E-state index contributed by atoms with van der Waals surface area (Å²) < 4.78 is 15.9. The third-order valence-electron chi connectivity index (χ3n) is 3.96. The Balaban J connectivity index is 2.26. The smallest absolute Gasteiger partial charge is 0.190 e. The van der Waals surface area contributed by atoms with Crippen molar-refractivity contribution in [1.29, 1.82) is 0 Å². The summed E-state index contributed by atoms with van der Waals surface area (Å²) in [6.07, 6.45) is 1.73. The van der Waals surface area contributed by atoms with E-state index in [0.717, 1.165) is 27.2 Å². The zero-order valence-electron chi connectivity index (χ0n) is 11.2. The maximum absolute atomic E-state index is 14.4. The lowest BCUT2D eigenvalue weighted by molar-refractivity contribution is 0.640. The van der Waals surface area contributed by atoms with Gasteiger partial charge in [-0.05, 0) is 27.9 Å². The Morgan fingerprint density at radius 2 is 1.77 bits per heavy atom. The van der Waals surface area contributed by atoms with E-state index in [0.29, 0.717) is 11.0 Å². The Morgan fingerprint density at radius 1 is 0.909 bits per heavy atom. The van der Waals surface area contributed by atoms with Crippen LogP contribution in [0.5, 0.6) is 0 Å². The minimum Gasteiger partial charge on any atom is -0.254 e. The largest absolute Gasteiger partial charge is 0.254 e. The standard InChI is InChI=1S/C16H8FN5/c17-11-6-3-5-10-14-9-4-1-2-7-12(9)18-8-13(14)22-16(15(10)11)19-20-21-22/h1-8H. The molecule has 0 aliphatic carbocycles. The van der Waals surface area contributed by atoms with E-state index in [4.69, 9.17) is 0 Å². The third-order valence-corrected chi connectivity index (χ3v) is 3.96. The van der Waals surface area contributed by atoms with Crippen molar-refractivity contribution in [2.24, 2.45) is 0 Å². The highest BCUT2D eigenvalue weighted by Crippen LogP contribution is 2.33. The summed E-state index contributed by atoms with van der Waals surface area (Å²) in [6.45, 7) is 0. The molecule has 0 aliphatic rings. The Morgan fingerprint density at radius 3 is 2.73 bits per heavy atom. The summed E-state index contributed by atoms with van der Waals surface area (Å²) in [5.74, 6) is -0.333. The third kappa shape index (κ3) is 1.31. The molecule has 0 amide bonds. The minimum absolute atomic E-state index is 0.333.